The van der Waals surface area contributed by atoms with Gasteiger partial charge in [-0.2, -0.15) is 0 Å². The van der Waals surface area contributed by atoms with Crippen molar-refractivity contribution < 1.29 is 49.0 Å². The van der Waals surface area contributed by atoms with Crippen molar-refractivity contribution in [3.05, 3.63) is 64.2 Å². The Balaban J connectivity index is 0.00000261. The first-order valence-corrected chi connectivity index (χ1v) is 8.61. The largest absolute Gasteiger partial charge is 1.00 e. The minimum absolute atomic E-state index is 0. The van der Waals surface area contributed by atoms with Crippen molar-refractivity contribution >= 4 is 23.5 Å². The summed E-state index contributed by atoms with van der Waals surface area (Å²) in [7, 11) is 0. The van der Waals surface area contributed by atoms with Crippen molar-refractivity contribution in [3.63, 3.8) is 0 Å². The molecule has 0 aromatic heterocycles. The van der Waals surface area contributed by atoms with E-state index in [0.29, 0.717) is 5.69 Å². The van der Waals surface area contributed by atoms with Crippen molar-refractivity contribution in [1.82, 2.24) is 0 Å². The molecular weight excluding hydrogens is 353 g/mol. The predicted molar refractivity (Wildman–Crippen MR) is 96.5 cm³/mol. The number of anilines is 1. The fourth-order valence-corrected chi connectivity index (χ4v) is 3.43. The number of carboxylic acids is 1. The number of aromatic carboxylic acids is 1. The monoisotopic (exact) mass is 373 g/mol. The number of fused-ring (bicyclic) bond motifs is 1. The summed E-state index contributed by atoms with van der Waals surface area (Å²) in [6.45, 7) is 7.98. The van der Waals surface area contributed by atoms with Gasteiger partial charge in [0.25, 0.3) is 11.8 Å². The fourth-order valence-electron chi connectivity index (χ4n) is 3.43. The first-order chi connectivity index (χ1) is 12.3. The molecule has 0 aliphatic carbocycles. The van der Waals surface area contributed by atoms with Gasteiger partial charge in [0.05, 0.1) is 22.8 Å². The summed E-state index contributed by atoms with van der Waals surface area (Å²) in [4.78, 5) is 38.7. The zero-order valence-corrected chi connectivity index (χ0v) is 18.2. The van der Waals surface area contributed by atoms with E-state index in [-0.39, 0.29) is 58.1 Å². The molecule has 0 saturated heterocycles. The molecule has 27 heavy (non-hydrogen) atoms. The second-order valence-electron chi connectivity index (χ2n) is 7.06. The fraction of sp³-hybridized carbons (Fsp3) is 0.286. The van der Waals surface area contributed by atoms with Crippen LogP contribution in [0.4, 0.5) is 5.69 Å². The molecule has 0 bridgehead atoms. The van der Waals surface area contributed by atoms with Crippen molar-refractivity contribution in [2.75, 3.05) is 4.90 Å². The van der Waals surface area contributed by atoms with Gasteiger partial charge in [-0.15, -0.1) is 0 Å². The number of nitrogens with zero attached hydrogens (tertiary/aromatic N) is 1. The Morgan fingerprint density at radius 3 is 1.89 bits per heavy atom. The molecule has 0 fully saturated rings. The summed E-state index contributed by atoms with van der Waals surface area (Å²) >= 11 is 0. The second kappa shape index (κ2) is 7.97. The van der Waals surface area contributed by atoms with E-state index in [1.165, 1.54) is 18.2 Å². The number of carbonyl (C=O) groups is 3. The van der Waals surface area contributed by atoms with Gasteiger partial charge in [-0.25, -0.2) is 4.90 Å². The Bertz CT molecular complexity index is 908. The molecule has 134 valence electrons. The molecule has 1 heterocycles. The number of imide groups is 1. The topological polar surface area (TPSA) is 77.5 Å². The third kappa shape index (κ3) is 3.47. The third-order valence-electron chi connectivity index (χ3n) is 4.70. The smallest absolute Gasteiger partial charge is 0.545 e. The van der Waals surface area contributed by atoms with Crippen molar-refractivity contribution in [1.29, 1.82) is 0 Å². The van der Waals surface area contributed by atoms with Gasteiger partial charge in [-0.05, 0) is 29.0 Å². The van der Waals surface area contributed by atoms with Crippen LogP contribution in [0.5, 0.6) is 0 Å². The Labute approximate surface area is 180 Å². The summed E-state index contributed by atoms with van der Waals surface area (Å²) in [5.41, 5.74) is 2.07. The van der Waals surface area contributed by atoms with E-state index in [9.17, 15) is 19.5 Å². The molecule has 0 atom stereocenters. The quantitative estimate of drug-likeness (QED) is 0.563. The number of carboxylic acid groups (broad SMARTS) is 1. The predicted octanol–water partition coefficient (Wildman–Crippen LogP) is 0.102. The first kappa shape index (κ1) is 21.4. The van der Waals surface area contributed by atoms with Gasteiger partial charge in [0.1, 0.15) is 0 Å². The molecule has 0 radical (unpaired) electrons. The van der Waals surface area contributed by atoms with Crippen molar-refractivity contribution in [3.8, 4) is 0 Å². The van der Waals surface area contributed by atoms with Gasteiger partial charge in [-0.3, -0.25) is 9.59 Å². The van der Waals surface area contributed by atoms with Crippen LogP contribution in [-0.2, 0) is 0 Å². The summed E-state index contributed by atoms with van der Waals surface area (Å²) in [6.07, 6.45) is 0. The molecule has 5 nitrogen and oxygen atoms in total. The number of hydrogen-bond donors (Lipinski definition) is 0. The summed E-state index contributed by atoms with van der Waals surface area (Å²) in [5.74, 6) is -2.39. The summed E-state index contributed by atoms with van der Waals surface area (Å²) in [6, 6.07) is 9.94. The van der Waals surface area contributed by atoms with Crippen LogP contribution in [0.15, 0.2) is 36.4 Å². The van der Waals surface area contributed by atoms with Gasteiger partial charge >= 0.3 is 29.6 Å². The van der Waals surface area contributed by atoms with E-state index in [1.54, 1.807) is 0 Å². The van der Waals surface area contributed by atoms with Crippen LogP contribution < -0.4 is 39.6 Å². The Morgan fingerprint density at radius 1 is 0.889 bits per heavy atom. The van der Waals surface area contributed by atoms with Gasteiger partial charge in [-0.1, -0.05) is 58.0 Å². The van der Waals surface area contributed by atoms with Crippen LogP contribution in [0.1, 0.15) is 81.7 Å². The summed E-state index contributed by atoms with van der Waals surface area (Å²) in [5, 5.41) is 11.4. The second-order valence-corrected chi connectivity index (χ2v) is 7.06. The number of hydrogen-bond acceptors (Lipinski definition) is 4. The number of rotatable bonds is 4. The van der Waals surface area contributed by atoms with Gasteiger partial charge in [0.2, 0.25) is 0 Å². The van der Waals surface area contributed by atoms with Crippen LogP contribution in [0.25, 0.3) is 0 Å². The molecule has 6 heteroatoms. The number of para-hydroxylation sites is 1. The Hall–Kier alpha value is -1.95. The zero-order valence-electron chi connectivity index (χ0n) is 16.2. The molecule has 0 N–H and O–H groups in total. The van der Waals surface area contributed by atoms with E-state index in [1.807, 2.05) is 45.9 Å². The number of benzene rings is 2. The maximum Gasteiger partial charge on any atom is 1.00 e. The first-order valence-electron chi connectivity index (χ1n) is 8.61. The molecule has 2 amide bonds. The molecule has 0 saturated carbocycles. The molecule has 3 rings (SSSR count). The minimum Gasteiger partial charge on any atom is -0.545 e. The number of amides is 2. The molecule has 1 aliphatic rings. The van der Waals surface area contributed by atoms with E-state index in [4.69, 9.17) is 0 Å². The minimum atomic E-state index is -1.47. The molecule has 1 aliphatic heterocycles. The average molecular weight is 373 g/mol. The van der Waals surface area contributed by atoms with Crippen molar-refractivity contribution in [2.24, 2.45) is 0 Å². The third-order valence-corrected chi connectivity index (χ3v) is 4.70. The number of carbonyl (C=O) groups excluding carboxylic acids is 3. The molecule has 2 aromatic carbocycles. The van der Waals surface area contributed by atoms with Gasteiger partial charge < -0.3 is 9.90 Å². The van der Waals surface area contributed by atoms with Crippen LogP contribution in [0.2, 0.25) is 0 Å². The van der Waals surface area contributed by atoms with Gasteiger partial charge in [0, 0.05) is 5.56 Å². The molecule has 0 spiro atoms. The average Bonchev–Trinajstić information content (AvgIpc) is 2.85. The van der Waals surface area contributed by atoms with Crippen LogP contribution >= 0.6 is 0 Å². The van der Waals surface area contributed by atoms with Gasteiger partial charge in [0.15, 0.2) is 0 Å². The SMILES string of the molecule is CC(C)c1cccc(C(C)C)c1N1C(=O)c2cccc(C(=O)[O-])c2C1=O.[Na+]. The zero-order chi connectivity index (χ0) is 19.2. The summed E-state index contributed by atoms with van der Waals surface area (Å²) < 4.78 is 0. The van der Waals surface area contributed by atoms with E-state index < -0.39 is 17.8 Å². The van der Waals surface area contributed by atoms with Crippen LogP contribution in [-0.4, -0.2) is 17.8 Å². The van der Waals surface area contributed by atoms with Crippen LogP contribution in [0, 0.1) is 0 Å². The van der Waals surface area contributed by atoms with Crippen LogP contribution in [0.3, 0.4) is 0 Å². The Morgan fingerprint density at radius 2 is 1.41 bits per heavy atom. The van der Waals surface area contributed by atoms with Crippen molar-refractivity contribution in [2.45, 2.75) is 39.5 Å². The molecule has 2 aromatic rings. The Kier molecular flexibility index (Phi) is 6.30. The molecular formula is C21H20NNaO4. The standard InChI is InChI=1S/C21H21NO4.Na/c1-11(2)13-7-5-8-14(12(3)4)18(13)22-19(23)15-9-6-10-16(21(25)26)17(15)20(22)24;/h5-12H,1-4H3,(H,25,26);/q;+1/p-1. The maximum atomic E-state index is 13.1. The maximum absolute atomic E-state index is 13.1. The van der Waals surface area contributed by atoms with E-state index >= 15 is 0 Å². The van der Waals surface area contributed by atoms with E-state index in [2.05, 4.69) is 0 Å². The molecule has 0 unspecified atom stereocenters. The van der Waals surface area contributed by atoms with E-state index in [0.717, 1.165) is 16.0 Å². The normalized spacial score (nSPS) is 13.2.